The molecular formula is C18H25N3O4. The number of methoxy groups -OCH3 is 1. The average Bonchev–Trinajstić information content (AvgIpc) is 3.19. The Morgan fingerprint density at radius 3 is 2.68 bits per heavy atom. The summed E-state index contributed by atoms with van der Waals surface area (Å²) in [7, 11) is 1.65. The number of hydrogen-bond donors (Lipinski definition) is 1. The van der Waals surface area contributed by atoms with Crippen LogP contribution in [0.15, 0.2) is 24.3 Å². The number of anilines is 1. The predicted octanol–water partition coefficient (Wildman–Crippen LogP) is 0.639. The number of hydrogen-bond acceptors (Lipinski definition) is 5. The third kappa shape index (κ3) is 4.22. The summed E-state index contributed by atoms with van der Waals surface area (Å²) in [5.74, 6) is -0.185. The zero-order chi connectivity index (χ0) is 17.6. The Balaban J connectivity index is 1.49. The topological polar surface area (TPSA) is 71.1 Å². The molecule has 2 saturated heterocycles. The van der Waals surface area contributed by atoms with E-state index < -0.39 is 11.8 Å². The Kier molecular flexibility index (Phi) is 5.75. The molecule has 0 saturated carbocycles. The number of nitrogens with zero attached hydrogens (tertiary/aromatic N) is 2. The Labute approximate surface area is 147 Å². The van der Waals surface area contributed by atoms with E-state index in [4.69, 9.17) is 9.47 Å². The summed E-state index contributed by atoms with van der Waals surface area (Å²) in [6.07, 6.45) is 1.99. The number of benzene rings is 1. The van der Waals surface area contributed by atoms with Crippen molar-refractivity contribution in [1.82, 2.24) is 10.2 Å². The smallest absolute Gasteiger partial charge is 0.312 e. The molecule has 1 aromatic rings. The van der Waals surface area contributed by atoms with Crippen molar-refractivity contribution < 1.29 is 19.1 Å². The molecule has 7 nitrogen and oxygen atoms in total. The van der Waals surface area contributed by atoms with Crippen molar-refractivity contribution in [2.45, 2.75) is 18.9 Å². The van der Waals surface area contributed by atoms with Crippen LogP contribution in [0, 0.1) is 0 Å². The van der Waals surface area contributed by atoms with Crippen molar-refractivity contribution in [1.29, 1.82) is 0 Å². The maximum atomic E-state index is 12.3. The number of carbonyl (C=O) groups is 2. The van der Waals surface area contributed by atoms with Crippen LogP contribution in [-0.4, -0.2) is 69.3 Å². The van der Waals surface area contributed by atoms with Gasteiger partial charge in [0.15, 0.2) is 0 Å². The van der Waals surface area contributed by atoms with E-state index in [0.717, 1.165) is 30.9 Å². The molecule has 25 heavy (non-hydrogen) atoms. The van der Waals surface area contributed by atoms with Crippen LogP contribution in [-0.2, 0) is 14.3 Å². The van der Waals surface area contributed by atoms with Gasteiger partial charge in [0.25, 0.3) is 0 Å². The van der Waals surface area contributed by atoms with Crippen molar-refractivity contribution in [3.8, 4) is 5.75 Å². The standard InChI is InChI=1S/C18H25N3O4/c1-24-16-7-3-2-6-15(16)20-8-10-21(11-9-20)18(23)17(22)19-13-14-5-4-12-25-14/h2-3,6-7,14H,4-5,8-13H2,1H3,(H,19,22). The van der Waals surface area contributed by atoms with Gasteiger partial charge < -0.3 is 24.6 Å². The lowest BCUT2D eigenvalue weighted by atomic mass is 10.2. The van der Waals surface area contributed by atoms with E-state index in [2.05, 4.69) is 10.2 Å². The molecule has 1 aromatic carbocycles. The molecule has 1 atom stereocenters. The number of piperazine rings is 1. The predicted molar refractivity (Wildman–Crippen MR) is 93.8 cm³/mol. The molecule has 0 spiro atoms. The molecule has 2 amide bonds. The van der Waals surface area contributed by atoms with Gasteiger partial charge in [0.2, 0.25) is 0 Å². The van der Waals surface area contributed by atoms with Gasteiger partial charge in [-0.15, -0.1) is 0 Å². The van der Waals surface area contributed by atoms with Crippen LogP contribution >= 0.6 is 0 Å². The Morgan fingerprint density at radius 2 is 2.00 bits per heavy atom. The van der Waals surface area contributed by atoms with Crippen LogP contribution in [0.4, 0.5) is 5.69 Å². The highest BCUT2D eigenvalue weighted by molar-refractivity contribution is 6.35. The van der Waals surface area contributed by atoms with E-state index in [-0.39, 0.29) is 6.10 Å². The third-order valence-corrected chi connectivity index (χ3v) is 4.70. The van der Waals surface area contributed by atoms with E-state index in [1.807, 2.05) is 24.3 Å². The molecule has 0 bridgehead atoms. The van der Waals surface area contributed by atoms with Crippen molar-refractivity contribution >= 4 is 17.5 Å². The second-order valence-corrected chi connectivity index (χ2v) is 6.30. The molecule has 1 unspecified atom stereocenters. The molecule has 7 heteroatoms. The molecule has 2 aliphatic rings. The highest BCUT2D eigenvalue weighted by Crippen LogP contribution is 2.28. The minimum atomic E-state index is -0.541. The summed E-state index contributed by atoms with van der Waals surface area (Å²) in [5, 5.41) is 2.69. The molecular weight excluding hydrogens is 322 g/mol. The van der Waals surface area contributed by atoms with Crippen molar-refractivity contribution in [2.24, 2.45) is 0 Å². The first-order valence-corrected chi connectivity index (χ1v) is 8.75. The summed E-state index contributed by atoms with van der Waals surface area (Å²) in [4.78, 5) is 28.1. The molecule has 0 aromatic heterocycles. The zero-order valence-electron chi connectivity index (χ0n) is 14.6. The van der Waals surface area contributed by atoms with Gasteiger partial charge in [-0.05, 0) is 25.0 Å². The summed E-state index contributed by atoms with van der Waals surface area (Å²) >= 11 is 0. The first kappa shape index (κ1) is 17.5. The summed E-state index contributed by atoms with van der Waals surface area (Å²) in [5.41, 5.74) is 1.01. The highest BCUT2D eigenvalue weighted by Gasteiger charge is 2.27. The van der Waals surface area contributed by atoms with Crippen LogP contribution in [0.3, 0.4) is 0 Å². The largest absolute Gasteiger partial charge is 0.495 e. The average molecular weight is 347 g/mol. The first-order valence-electron chi connectivity index (χ1n) is 8.75. The summed E-state index contributed by atoms with van der Waals surface area (Å²) < 4.78 is 10.8. The number of para-hydroxylation sites is 2. The third-order valence-electron chi connectivity index (χ3n) is 4.70. The molecule has 2 heterocycles. The van der Waals surface area contributed by atoms with Gasteiger partial charge in [-0.3, -0.25) is 9.59 Å². The Bertz CT molecular complexity index is 608. The number of nitrogens with one attached hydrogen (secondary N) is 1. The maximum absolute atomic E-state index is 12.3. The van der Waals surface area contributed by atoms with Crippen LogP contribution in [0.25, 0.3) is 0 Å². The van der Waals surface area contributed by atoms with Crippen LogP contribution in [0.1, 0.15) is 12.8 Å². The Morgan fingerprint density at radius 1 is 1.24 bits per heavy atom. The van der Waals surface area contributed by atoms with Crippen molar-refractivity contribution in [3.63, 3.8) is 0 Å². The number of amides is 2. The van der Waals surface area contributed by atoms with Crippen LogP contribution in [0.2, 0.25) is 0 Å². The minimum absolute atomic E-state index is 0.0409. The van der Waals surface area contributed by atoms with Crippen LogP contribution < -0.4 is 15.0 Å². The van der Waals surface area contributed by atoms with Crippen LogP contribution in [0.5, 0.6) is 5.75 Å². The number of ether oxygens (including phenoxy) is 2. The van der Waals surface area contributed by atoms with Gasteiger partial charge in [0.1, 0.15) is 5.75 Å². The lowest BCUT2D eigenvalue weighted by Crippen LogP contribution is -2.53. The minimum Gasteiger partial charge on any atom is -0.495 e. The van der Waals surface area contributed by atoms with Gasteiger partial charge in [-0.1, -0.05) is 12.1 Å². The first-order chi connectivity index (χ1) is 12.2. The highest BCUT2D eigenvalue weighted by atomic mass is 16.5. The van der Waals surface area contributed by atoms with Crippen molar-refractivity contribution in [2.75, 3.05) is 51.3 Å². The van der Waals surface area contributed by atoms with E-state index in [0.29, 0.717) is 32.7 Å². The van der Waals surface area contributed by atoms with E-state index in [1.54, 1.807) is 12.0 Å². The van der Waals surface area contributed by atoms with Gasteiger partial charge in [-0.2, -0.15) is 0 Å². The number of rotatable bonds is 4. The fourth-order valence-corrected chi connectivity index (χ4v) is 3.27. The molecule has 3 rings (SSSR count). The summed E-state index contributed by atoms with van der Waals surface area (Å²) in [6.45, 7) is 3.52. The molecule has 2 aliphatic heterocycles. The Hall–Kier alpha value is -2.28. The van der Waals surface area contributed by atoms with Gasteiger partial charge in [0, 0.05) is 39.3 Å². The van der Waals surface area contributed by atoms with Gasteiger partial charge in [0.05, 0.1) is 18.9 Å². The molecule has 1 N–H and O–H groups in total. The zero-order valence-corrected chi connectivity index (χ0v) is 14.6. The summed E-state index contributed by atoms with van der Waals surface area (Å²) in [6, 6.07) is 7.82. The molecule has 0 aliphatic carbocycles. The SMILES string of the molecule is COc1ccccc1N1CCN(C(=O)C(=O)NCC2CCCO2)CC1. The van der Waals surface area contributed by atoms with E-state index in [9.17, 15) is 9.59 Å². The molecule has 0 radical (unpaired) electrons. The van der Waals surface area contributed by atoms with E-state index in [1.165, 1.54) is 0 Å². The molecule has 2 fully saturated rings. The van der Waals surface area contributed by atoms with Gasteiger partial charge in [-0.25, -0.2) is 0 Å². The van der Waals surface area contributed by atoms with Gasteiger partial charge >= 0.3 is 11.8 Å². The monoisotopic (exact) mass is 347 g/mol. The fourth-order valence-electron chi connectivity index (χ4n) is 3.27. The normalized spacial score (nSPS) is 20.4. The number of carbonyl (C=O) groups excluding carboxylic acids is 2. The maximum Gasteiger partial charge on any atom is 0.312 e. The van der Waals surface area contributed by atoms with Crippen molar-refractivity contribution in [3.05, 3.63) is 24.3 Å². The second kappa shape index (κ2) is 8.20. The lowest BCUT2D eigenvalue weighted by molar-refractivity contribution is -0.146. The second-order valence-electron chi connectivity index (χ2n) is 6.30. The lowest BCUT2D eigenvalue weighted by Gasteiger charge is -2.36. The quantitative estimate of drug-likeness (QED) is 0.810. The fraction of sp³-hybridized carbons (Fsp3) is 0.556. The van der Waals surface area contributed by atoms with E-state index >= 15 is 0 Å². The molecule has 136 valence electrons.